The summed E-state index contributed by atoms with van der Waals surface area (Å²) in [4.78, 5) is 24.3. The number of nitrogens with zero attached hydrogens (tertiary/aromatic N) is 1. The maximum Gasteiger partial charge on any atom is 0.221 e. The third kappa shape index (κ3) is 5.19. The minimum Gasteiger partial charge on any atom is -0.356 e. The molecule has 1 amide bonds. The Balaban J connectivity index is 1.68. The Morgan fingerprint density at radius 1 is 1.03 bits per heavy atom. The van der Waals surface area contributed by atoms with Gasteiger partial charge < -0.3 is 9.88 Å². The van der Waals surface area contributed by atoms with Crippen molar-refractivity contribution in [3.05, 3.63) is 83.3 Å². The summed E-state index contributed by atoms with van der Waals surface area (Å²) < 4.78 is 15.3. The number of carbonyl (C=O) groups is 2. The van der Waals surface area contributed by atoms with Crippen molar-refractivity contribution in [2.75, 3.05) is 6.54 Å². The number of nitrogens with one attached hydrogen (secondary N) is 1. The van der Waals surface area contributed by atoms with E-state index >= 15 is 0 Å². The molecule has 3 rings (SSSR count). The van der Waals surface area contributed by atoms with Gasteiger partial charge in [-0.25, -0.2) is 4.39 Å². The highest BCUT2D eigenvalue weighted by molar-refractivity contribution is 5.96. The minimum absolute atomic E-state index is 0.0306. The summed E-state index contributed by atoms with van der Waals surface area (Å²) in [7, 11) is 0. The molecule has 0 atom stereocenters. The Morgan fingerprint density at radius 2 is 1.72 bits per heavy atom. The summed E-state index contributed by atoms with van der Waals surface area (Å²) in [6, 6.07) is 18.0. The molecular weight excluding hydrogens is 367 g/mol. The number of hydrogen-bond acceptors (Lipinski definition) is 2. The van der Waals surface area contributed by atoms with Crippen LogP contribution >= 0.6 is 0 Å². The molecule has 0 aliphatic carbocycles. The van der Waals surface area contributed by atoms with Crippen LogP contribution in [0.15, 0.2) is 60.7 Å². The molecule has 0 aliphatic heterocycles. The van der Waals surface area contributed by atoms with Gasteiger partial charge in [0.25, 0.3) is 0 Å². The van der Waals surface area contributed by atoms with Crippen LogP contribution in [0.2, 0.25) is 0 Å². The average molecular weight is 392 g/mol. The molecule has 3 aromatic rings. The molecule has 0 unspecified atom stereocenters. The maximum atomic E-state index is 13.3. The molecule has 2 aromatic carbocycles. The first-order valence-corrected chi connectivity index (χ1v) is 9.73. The Bertz CT molecular complexity index is 992. The van der Waals surface area contributed by atoms with Gasteiger partial charge in [0.2, 0.25) is 5.91 Å². The summed E-state index contributed by atoms with van der Waals surface area (Å²) >= 11 is 0. The molecule has 29 heavy (non-hydrogen) atoms. The van der Waals surface area contributed by atoms with Crippen molar-refractivity contribution < 1.29 is 14.0 Å². The van der Waals surface area contributed by atoms with Gasteiger partial charge in [0.05, 0.1) is 0 Å². The Labute approximate surface area is 170 Å². The van der Waals surface area contributed by atoms with E-state index in [0.29, 0.717) is 25.1 Å². The fraction of sp³-hybridized carbons (Fsp3) is 0.250. The van der Waals surface area contributed by atoms with Gasteiger partial charge in [-0.05, 0) is 61.7 Å². The van der Waals surface area contributed by atoms with Gasteiger partial charge in [-0.3, -0.25) is 9.59 Å². The van der Waals surface area contributed by atoms with E-state index in [-0.39, 0.29) is 17.5 Å². The zero-order chi connectivity index (χ0) is 20.8. The van der Waals surface area contributed by atoms with Crippen molar-refractivity contribution in [2.45, 2.75) is 33.2 Å². The Hall–Kier alpha value is -3.21. The van der Waals surface area contributed by atoms with E-state index in [2.05, 4.69) is 5.32 Å². The highest BCUT2D eigenvalue weighted by Crippen LogP contribution is 2.27. The SMILES string of the molecule is CC(=O)c1cc(-c2ccc(F)cc2)n(CCC(=O)NCCc2ccccc2)c1C. The lowest BCUT2D eigenvalue weighted by atomic mass is 10.1. The monoisotopic (exact) mass is 392 g/mol. The molecule has 0 fully saturated rings. The fourth-order valence-corrected chi connectivity index (χ4v) is 3.44. The zero-order valence-corrected chi connectivity index (χ0v) is 16.7. The molecule has 0 aliphatic rings. The van der Waals surface area contributed by atoms with Crippen molar-refractivity contribution in [2.24, 2.45) is 0 Å². The van der Waals surface area contributed by atoms with Gasteiger partial charge in [0, 0.05) is 36.5 Å². The lowest BCUT2D eigenvalue weighted by Gasteiger charge is -2.12. The molecule has 5 heteroatoms. The van der Waals surface area contributed by atoms with Gasteiger partial charge >= 0.3 is 0 Å². The summed E-state index contributed by atoms with van der Waals surface area (Å²) in [5, 5.41) is 2.95. The summed E-state index contributed by atoms with van der Waals surface area (Å²) in [6.07, 6.45) is 1.08. The quantitative estimate of drug-likeness (QED) is 0.572. The molecule has 150 valence electrons. The summed E-state index contributed by atoms with van der Waals surface area (Å²) in [5.41, 5.74) is 4.23. The van der Waals surface area contributed by atoms with Crippen LogP contribution in [-0.4, -0.2) is 22.8 Å². The zero-order valence-electron chi connectivity index (χ0n) is 16.7. The van der Waals surface area contributed by atoms with Crippen LogP contribution in [0.1, 0.15) is 35.0 Å². The number of benzene rings is 2. The predicted octanol–water partition coefficient (Wildman–Crippen LogP) is 4.55. The first-order chi connectivity index (χ1) is 14.0. The molecule has 4 nitrogen and oxygen atoms in total. The van der Waals surface area contributed by atoms with Crippen LogP contribution in [0.4, 0.5) is 4.39 Å². The number of rotatable bonds is 8. The van der Waals surface area contributed by atoms with Crippen molar-refractivity contribution >= 4 is 11.7 Å². The van der Waals surface area contributed by atoms with Crippen LogP contribution in [0.5, 0.6) is 0 Å². The maximum absolute atomic E-state index is 13.3. The molecule has 1 aromatic heterocycles. The first kappa shape index (κ1) is 20.5. The van der Waals surface area contributed by atoms with E-state index in [0.717, 1.165) is 23.4 Å². The van der Waals surface area contributed by atoms with E-state index in [9.17, 15) is 14.0 Å². The number of ketones is 1. The molecule has 0 saturated carbocycles. The largest absolute Gasteiger partial charge is 0.356 e. The predicted molar refractivity (Wildman–Crippen MR) is 112 cm³/mol. The molecule has 0 saturated heterocycles. The first-order valence-electron chi connectivity index (χ1n) is 9.73. The van der Waals surface area contributed by atoms with Gasteiger partial charge in [0.15, 0.2) is 5.78 Å². The third-order valence-electron chi connectivity index (χ3n) is 5.03. The second-order valence-corrected chi connectivity index (χ2v) is 7.08. The number of carbonyl (C=O) groups excluding carboxylic acids is 2. The second-order valence-electron chi connectivity index (χ2n) is 7.08. The van der Waals surface area contributed by atoms with E-state index in [1.165, 1.54) is 24.6 Å². The number of hydrogen-bond donors (Lipinski definition) is 1. The van der Waals surface area contributed by atoms with E-state index in [1.54, 1.807) is 12.1 Å². The molecule has 0 bridgehead atoms. The minimum atomic E-state index is -0.312. The standard InChI is InChI=1S/C24H25FN2O2/c1-17-22(18(2)28)16-23(20-8-10-21(25)11-9-20)27(17)15-13-24(29)26-14-12-19-6-4-3-5-7-19/h3-11,16H,12-15H2,1-2H3,(H,26,29). The number of amides is 1. The van der Waals surface area contributed by atoms with Crippen molar-refractivity contribution in [1.82, 2.24) is 9.88 Å². The third-order valence-corrected chi connectivity index (χ3v) is 5.03. The van der Waals surface area contributed by atoms with E-state index < -0.39 is 0 Å². The van der Waals surface area contributed by atoms with Crippen LogP contribution in [-0.2, 0) is 17.8 Å². The smallest absolute Gasteiger partial charge is 0.221 e. The number of halogens is 1. The van der Waals surface area contributed by atoms with Gasteiger partial charge in [0.1, 0.15) is 5.82 Å². The van der Waals surface area contributed by atoms with Gasteiger partial charge in [-0.2, -0.15) is 0 Å². The average Bonchev–Trinajstić information content (AvgIpc) is 3.04. The van der Waals surface area contributed by atoms with Crippen molar-refractivity contribution in [3.8, 4) is 11.3 Å². The fourth-order valence-electron chi connectivity index (χ4n) is 3.44. The molecule has 0 radical (unpaired) electrons. The lowest BCUT2D eigenvalue weighted by molar-refractivity contribution is -0.121. The van der Waals surface area contributed by atoms with Crippen molar-refractivity contribution in [1.29, 1.82) is 0 Å². The number of Topliss-reactive ketones (excluding diaryl/α,β-unsaturated/α-hetero) is 1. The summed E-state index contributed by atoms with van der Waals surface area (Å²) in [5.74, 6) is -0.381. The van der Waals surface area contributed by atoms with Gasteiger partial charge in [-0.1, -0.05) is 30.3 Å². The van der Waals surface area contributed by atoms with Crippen LogP contribution in [0.3, 0.4) is 0 Å². The van der Waals surface area contributed by atoms with E-state index in [1.807, 2.05) is 47.9 Å². The molecule has 0 spiro atoms. The number of aromatic nitrogens is 1. The topological polar surface area (TPSA) is 51.1 Å². The van der Waals surface area contributed by atoms with Crippen molar-refractivity contribution in [3.63, 3.8) is 0 Å². The Morgan fingerprint density at radius 3 is 2.38 bits per heavy atom. The molecular formula is C24H25FN2O2. The normalized spacial score (nSPS) is 10.7. The van der Waals surface area contributed by atoms with E-state index in [4.69, 9.17) is 0 Å². The van der Waals surface area contributed by atoms with Gasteiger partial charge in [-0.15, -0.1) is 0 Å². The highest BCUT2D eigenvalue weighted by atomic mass is 19.1. The molecule has 1 N–H and O–H groups in total. The van der Waals surface area contributed by atoms with Crippen LogP contribution in [0.25, 0.3) is 11.3 Å². The summed E-state index contributed by atoms with van der Waals surface area (Å²) in [6.45, 7) is 4.43. The van der Waals surface area contributed by atoms with Crippen LogP contribution < -0.4 is 5.32 Å². The molecule has 1 heterocycles. The van der Waals surface area contributed by atoms with Crippen LogP contribution in [0, 0.1) is 12.7 Å². The second kappa shape index (κ2) is 9.32. The Kier molecular flexibility index (Phi) is 6.60. The lowest BCUT2D eigenvalue weighted by Crippen LogP contribution is -2.26. The highest BCUT2D eigenvalue weighted by Gasteiger charge is 2.17.